The van der Waals surface area contributed by atoms with Gasteiger partial charge in [-0.3, -0.25) is 4.79 Å². The average Bonchev–Trinajstić information content (AvgIpc) is 3.24. The molecule has 142 valence electrons. The number of amides is 1. The van der Waals surface area contributed by atoms with Crippen molar-refractivity contribution in [2.45, 2.75) is 31.3 Å². The van der Waals surface area contributed by atoms with E-state index in [1.54, 1.807) is 12.1 Å². The van der Waals surface area contributed by atoms with Crippen molar-refractivity contribution in [3.05, 3.63) is 53.7 Å². The van der Waals surface area contributed by atoms with Gasteiger partial charge >= 0.3 is 0 Å². The molecule has 2 aromatic rings. The van der Waals surface area contributed by atoms with E-state index in [4.69, 9.17) is 4.74 Å². The number of halogens is 2. The fraction of sp³-hybridized carbons (Fsp3) is 0.400. The van der Waals surface area contributed by atoms with Gasteiger partial charge < -0.3 is 15.0 Å². The van der Waals surface area contributed by atoms with Crippen molar-refractivity contribution < 1.29 is 18.3 Å². The summed E-state index contributed by atoms with van der Waals surface area (Å²) in [6, 6.07) is 7.65. The summed E-state index contributed by atoms with van der Waals surface area (Å²) in [4.78, 5) is 19.0. The number of anilines is 1. The first-order valence-electron chi connectivity index (χ1n) is 9.09. The number of para-hydroxylation sites is 1. The molecule has 0 saturated carbocycles. The molecular formula is C20H21F2N3O2. The topological polar surface area (TPSA) is 54.5 Å². The van der Waals surface area contributed by atoms with Crippen molar-refractivity contribution in [3.63, 3.8) is 0 Å². The number of hydrogen-bond acceptors (Lipinski definition) is 4. The first-order chi connectivity index (χ1) is 13.1. The Bertz CT molecular complexity index is 844. The molecule has 5 nitrogen and oxygen atoms in total. The molecule has 27 heavy (non-hydrogen) atoms. The van der Waals surface area contributed by atoms with Crippen LogP contribution in [-0.2, 0) is 0 Å². The molecule has 2 fully saturated rings. The molecular weight excluding hydrogens is 352 g/mol. The minimum atomic E-state index is -0.532. The fourth-order valence-corrected chi connectivity index (χ4v) is 4.39. The predicted molar refractivity (Wildman–Crippen MR) is 96.7 cm³/mol. The van der Waals surface area contributed by atoms with E-state index in [1.165, 1.54) is 31.5 Å². The zero-order valence-corrected chi connectivity index (χ0v) is 15.0. The van der Waals surface area contributed by atoms with E-state index in [9.17, 15) is 13.6 Å². The highest BCUT2D eigenvalue weighted by Crippen LogP contribution is 2.43. The third-order valence-corrected chi connectivity index (χ3v) is 5.57. The monoisotopic (exact) mass is 373 g/mol. The molecule has 0 radical (unpaired) electrons. The molecule has 2 aliphatic heterocycles. The Kier molecular flexibility index (Phi) is 4.68. The lowest BCUT2D eigenvalue weighted by Gasteiger charge is -2.25. The van der Waals surface area contributed by atoms with Gasteiger partial charge in [-0.15, -0.1) is 0 Å². The second-order valence-electron chi connectivity index (χ2n) is 7.07. The van der Waals surface area contributed by atoms with Gasteiger partial charge in [-0.1, -0.05) is 6.07 Å². The SMILES string of the molecule is COc1c(F)cccc1C(=O)N1C2CCC1C(CNc1ccc(F)cn1)C2. The zero-order chi connectivity index (χ0) is 19.0. The van der Waals surface area contributed by atoms with E-state index >= 15 is 0 Å². The number of methoxy groups -OCH3 is 1. The number of rotatable bonds is 5. The fourth-order valence-electron chi connectivity index (χ4n) is 4.39. The minimum absolute atomic E-state index is 0.000938. The number of nitrogens with one attached hydrogen (secondary N) is 1. The molecule has 3 unspecified atom stereocenters. The first-order valence-corrected chi connectivity index (χ1v) is 9.09. The Morgan fingerprint density at radius 2 is 2.15 bits per heavy atom. The molecule has 0 spiro atoms. The Labute approximate surface area is 156 Å². The van der Waals surface area contributed by atoms with E-state index in [0.29, 0.717) is 12.4 Å². The van der Waals surface area contributed by atoms with Crippen LogP contribution in [0.25, 0.3) is 0 Å². The number of pyridine rings is 1. The molecule has 3 heterocycles. The highest BCUT2D eigenvalue weighted by molar-refractivity contribution is 5.97. The van der Waals surface area contributed by atoms with Gasteiger partial charge in [-0.05, 0) is 49.4 Å². The quantitative estimate of drug-likeness (QED) is 0.872. The lowest BCUT2D eigenvalue weighted by Crippen LogP contribution is -2.37. The third-order valence-electron chi connectivity index (χ3n) is 5.57. The van der Waals surface area contributed by atoms with Crippen molar-refractivity contribution in [3.8, 4) is 5.75 Å². The summed E-state index contributed by atoms with van der Waals surface area (Å²) in [5, 5.41) is 3.23. The Balaban J connectivity index is 1.48. The van der Waals surface area contributed by atoms with Crippen molar-refractivity contribution in [1.29, 1.82) is 0 Å². The van der Waals surface area contributed by atoms with Crippen LogP contribution < -0.4 is 10.1 Å². The molecule has 2 bridgehead atoms. The lowest BCUT2D eigenvalue weighted by molar-refractivity contribution is 0.0716. The predicted octanol–water partition coefficient (Wildman–Crippen LogP) is 3.47. The smallest absolute Gasteiger partial charge is 0.258 e. The molecule has 1 amide bonds. The number of benzene rings is 1. The van der Waals surface area contributed by atoms with Crippen molar-refractivity contribution in [1.82, 2.24) is 9.88 Å². The summed E-state index contributed by atoms with van der Waals surface area (Å²) < 4.78 is 32.1. The number of carbonyl (C=O) groups excluding carboxylic acids is 1. The molecule has 4 rings (SSSR count). The van der Waals surface area contributed by atoms with Gasteiger partial charge in [-0.2, -0.15) is 0 Å². The molecule has 2 saturated heterocycles. The summed E-state index contributed by atoms with van der Waals surface area (Å²) in [7, 11) is 1.37. The Morgan fingerprint density at radius 1 is 1.30 bits per heavy atom. The van der Waals surface area contributed by atoms with Gasteiger partial charge in [-0.25, -0.2) is 13.8 Å². The average molecular weight is 373 g/mol. The van der Waals surface area contributed by atoms with E-state index in [2.05, 4.69) is 10.3 Å². The van der Waals surface area contributed by atoms with Crippen LogP contribution in [0.2, 0.25) is 0 Å². The number of fused-ring (bicyclic) bond motifs is 2. The third kappa shape index (κ3) is 3.22. The number of aromatic nitrogens is 1. The maximum absolute atomic E-state index is 14.0. The van der Waals surface area contributed by atoms with Crippen LogP contribution in [0.5, 0.6) is 5.75 Å². The molecule has 1 aromatic heterocycles. The molecule has 7 heteroatoms. The number of nitrogens with zero attached hydrogens (tertiary/aromatic N) is 2. The van der Waals surface area contributed by atoms with E-state index in [0.717, 1.165) is 19.3 Å². The standard InChI is InChI=1S/C20H21F2N3O2/c1-27-19-15(3-2-4-16(19)22)20(26)25-14-6-7-17(25)12(9-14)10-23-18-8-5-13(21)11-24-18/h2-5,8,11-12,14,17H,6-7,9-10H2,1H3,(H,23,24). The minimum Gasteiger partial charge on any atom is -0.493 e. The van der Waals surface area contributed by atoms with Crippen molar-refractivity contribution >= 4 is 11.7 Å². The van der Waals surface area contributed by atoms with Crippen LogP contribution in [-0.4, -0.2) is 41.5 Å². The van der Waals surface area contributed by atoms with Crippen LogP contribution in [0.4, 0.5) is 14.6 Å². The summed E-state index contributed by atoms with van der Waals surface area (Å²) in [6.07, 6.45) is 3.95. The largest absolute Gasteiger partial charge is 0.493 e. The molecule has 0 aliphatic carbocycles. The van der Waals surface area contributed by atoms with Gasteiger partial charge in [0, 0.05) is 18.6 Å². The van der Waals surface area contributed by atoms with Crippen LogP contribution in [0.1, 0.15) is 29.6 Å². The van der Waals surface area contributed by atoms with Gasteiger partial charge in [0.2, 0.25) is 0 Å². The summed E-state index contributed by atoms with van der Waals surface area (Å²) in [6.45, 7) is 0.657. The van der Waals surface area contributed by atoms with Gasteiger partial charge in [0.15, 0.2) is 11.6 Å². The number of hydrogen-bond donors (Lipinski definition) is 1. The number of carbonyl (C=O) groups is 1. The van der Waals surface area contributed by atoms with Crippen LogP contribution in [0.3, 0.4) is 0 Å². The maximum atomic E-state index is 14.0. The van der Waals surface area contributed by atoms with Gasteiger partial charge in [0.05, 0.1) is 18.9 Å². The normalized spacial score (nSPS) is 23.5. The molecule has 2 aliphatic rings. The van der Waals surface area contributed by atoms with Gasteiger partial charge in [0.25, 0.3) is 5.91 Å². The second kappa shape index (κ2) is 7.13. The van der Waals surface area contributed by atoms with E-state index in [-0.39, 0.29) is 41.0 Å². The number of ether oxygens (including phenoxy) is 1. The van der Waals surface area contributed by atoms with E-state index in [1.807, 2.05) is 4.90 Å². The first kappa shape index (κ1) is 17.7. The molecule has 1 aromatic carbocycles. The Morgan fingerprint density at radius 3 is 2.89 bits per heavy atom. The molecule has 3 atom stereocenters. The highest BCUT2D eigenvalue weighted by atomic mass is 19.1. The van der Waals surface area contributed by atoms with Crippen LogP contribution >= 0.6 is 0 Å². The highest BCUT2D eigenvalue weighted by Gasteiger charge is 2.48. The van der Waals surface area contributed by atoms with Crippen LogP contribution in [0.15, 0.2) is 36.5 Å². The van der Waals surface area contributed by atoms with Gasteiger partial charge in [0.1, 0.15) is 11.6 Å². The van der Waals surface area contributed by atoms with Crippen molar-refractivity contribution in [2.24, 2.45) is 5.92 Å². The molecule has 1 N–H and O–H groups in total. The lowest BCUT2D eigenvalue weighted by atomic mass is 9.89. The summed E-state index contributed by atoms with van der Waals surface area (Å²) in [5.41, 5.74) is 0.267. The second-order valence-corrected chi connectivity index (χ2v) is 7.07. The zero-order valence-electron chi connectivity index (χ0n) is 15.0. The summed E-state index contributed by atoms with van der Waals surface area (Å²) in [5.74, 6) is -0.194. The van der Waals surface area contributed by atoms with Crippen LogP contribution in [0, 0.1) is 17.6 Å². The maximum Gasteiger partial charge on any atom is 0.258 e. The Hall–Kier alpha value is -2.70. The van der Waals surface area contributed by atoms with Crippen molar-refractivity contribution in [2.75, 3.05) is 19.0 Å². The van der Waals surface area contributed by atoms with E-state index < -0.39 is 5.82 Å². The summed E-state index contributed by atoms with van der Waals surface area (Å²) >= 11 is 0.